The van der Waals surface area contributed by atoms with Crippen molar-refractivity contribution in [1.29, 1.82) is 0 Å². The minimum atomic E-state index is -1.36. The first-order valence-electron chi connectivity index (χ1n) is 8.65. The Labute approximate surface area is 160 Å². The van der Waals surface area contributed by atoms with E-state index in [0.29, 0.717) is 11.4 Å². The van der Waals surface area contributed by atoms with Gasteiger partial charge in [0.15, 0.2) is 0 Å². The van der Waals surface area contributed by atoms with E-state index in [1.165, 1.54) is 0 Å². The molecule has 8 heteroatoms. The van der Waals surface area contributed by atoms with Crippen LogP contribution in [0.2, 0.25) is 0 Å². The number of hydrogen-bond acceptors (Lipinski definition) is 6. The molecule has 0 aliphatic heterocycles. The second kappa shape index (κ2) is 8.60. The Morgan fingerprint density at radius 3 is 2.67 bits per heavy atom. The first kappa shape index (κ1) is 19.5. The summed E-state index contributed by atoms with van der Waals surface area (Å²) in [6.45, 7) is 3.66. The first-order chi connectivity index (χ1) is 13.0. The number of ether oxygens (including phenoxy) is 1. The van der Waals surface area contributed by atoms with Crippen molar-refractivity contribution < 1.29 is 19.2 Å². The molecular weight excluding hydrogens is 366 g/mol. The van der Waals surface area contributed by atoms with Gasteiger partial charge in [-0.3, -0.25) is 4.98 Å². The predicted molar refractivity (Wildman–Crippen MR) is 104 cm³/mol. The Balaban J connectivity index is 1.82. The molecule has 0 bridgehead atoms. The number of nitrogens with zero attached hydrogens (tertiary/aromatic N) is 3. The fourth-order valence-electron chi connectivity index (χ4n) is 2.77. The molecular formula is C19H23N3O4S. The molecule has 0 saturated heterocycles. The van der Waals surface area contributed by atoms with Crippen LogP contribution in [0.1, 0.15) is 16.8 Å². The van der Waals surface area contributed by atoms with Crippen molar-refractivity contribution in [3.63, 3.8) is 0 Å². The summed E-state index contributed by atoms with van der Waals surface area (Å²) in [5.41, 5.74) is 3.94. The van der Waals surface area contributed by atoms with E-state index in [9.17, 15) is 14.4 Å². The maximum absolute atomic E-state index is 12.9. The fraction of sp³-hybridized carbons (Fsp3) is 0.368. The lowest BCUT2D eigenvalue weighted by Gasteiger charge is -2.17. The van der Waals surface area contributed by atoms with Crippen LogP contribution < -0.4 is 4.74 Å². The number of pyridine rings is 1. The van der Waals surface area contributed by atoms with E-state index >= 15 is 0 Å². The molecule has 0 aliphatic carbocycles. The molecule has 3 aromatic rings. The number of imidazole rings is 1. The van der Waals surface area contributed by atoms with Crippen molar-refractivity contribution in [2.75, 3.05) is 19.8 Å². The minimum absolute atomic E-state index is 0.149. The third kappa shape index (κ3) is 4.18. The van der Waals surface area contributed by atoms with Crippen molar-refractivity contribution >= 4 is 22.0 Å². The van der Waals surface area contributed by atoms with E-state index in [1.807, 2.05) is 38.1 Å². The van der Waals surface area contributed by atoms with Gasteiger partial charge in [-0.15, -0.1) is 0 Å². The zero-order valence-corrected chi connectivity index (χ0v) is 16.1. The normalized spacial score (nSPS) is 12.6. The van der Waals surface area contributed by atoms with Crippen LogP contribution in [0.15, 0.2) is 36.8 Å². The minimum Gasteiger partial charge on any atom is -0.492 e. The average molecular weight is 389 g/mol. The zero-order chi connectivity index (χ0) is 19.4. The van der Waals surface area contributed by atoms with Gasteiger partial charge in [-0.05, 0) is 26.0 Å². The first-order valence-corrected chi connectivity index (χ1v) is 9.93. The van der Waals surface area contributed by atoms with E-state index in [-0.39, 0.29) is 31.5 Å². The highest BCUT2D eigenvalue weighted by Gasteiger charge is 2.16. The Hall–Kier alpha value is -2.29. The van der Waals surface area contributed by atoms with E-state index in [1.54, 1.807) is 16.5 Å². The van der Waals surface area contributed by atoms with E-state index in [2.05, 4.69) is 9.97 Å². The second-order valence-corrected chi connectivity index (χ2v) is 7.73. The molecule has 0 amide bonds. The van der Waals surface area contributed by atoms with Gasteiger partial charge in [0.25, 0.3) is 0 Å². The van der Waals surface area contributed by atoms with Crippen molar-refractivity contribution in [2.24, 2.45) is 5.92 Å². The highest BCUT2D eigenvalue weighted by molar-refractivity contribution is 7.82. The number of benzene rings is 1. The van der Waals surface area contributed by atoms with Gasteiger partial charge in [-0.25, -0.2) is 13.2 Å². The molecule has 1 aromatic carbocycles. The van der Waals surface area contributed by atoms with E-state index < -0.39 is 11.0 Å². The van der Waals surface area contributed by atoms with Crippen LogP contribution in [-0.2, 0) is 16.7 Å². The maximum Gasteiger partial charge on any atom is 0.131 e. The molecule has 2 heterocycles. The molecule has 144 valence electrons. The van der Waals surface area contributed by atoms with E-state index in [0.717, 1.165) is 22.2 Å². The summed E-state index contributed by atoms with van der Waals surface area (Å²) in [5, 5.41) is 18.4. The van der Waals surface area contributed by atoms with Crippen molar-refractivity contribution in [1.82, 2.24) is 13.9 Å². The van der Waals surface area contributed by atoms with Gasteiger partial charge in [-0.1, -0.05) is 12.1 Å². The van der Waals surface area contributed by atoms with Crippen molar-refractivity contribution in [3.8, 4) is 5.75 Å². The number of fused-ring (bicyclic) bond motifs is 1. The number of aromatic nitrogens is 3. The number of para-hydroxylation sites is 2. The molecule has 1 unspecified atom stereocenters. The van der Waals surface area contributed by atoms with Gasteiger partial charge in [0, 0.05) is 23.2 Å². The third-order valence-electron chi connectivity index (χ3n) is 4.43. The van der Waals surface area contributed by atoms with Crippen LogP contribution in [0.3, 0.4) is 0 Å². The lowest BCUT2D eigenvalue weighted by atomic mass is 10.1. The number of hydrogen-bond donors (Lipinski definition) is 2. The molecule has 0 saturated carbocycles. The maximum atomic E-state index is 12.9. The van der Waals surface area contributed by atoms with Gasteiger partial charge in [-0.2, -0.15) is 0 Å². The SMILES string of the molecule is Cc1cnc(CS(=O)n2cnc3ccccc32)c(C)c1OCC(CO)CO. The highest BCUT2D eigenvalue weighted by Crippen LogP contribution is 2.26. The quantitative estimate of drug-likeness (QED) is 0.609. The second-order valence-electron chi connectivity index (χ2n) is 6.41. The summed E-state index contributed by atoms with van der Waals surface area (Å²) >= 11 is 0. The smallest absolute Gasteiger partial charge is 0.131 e. The van der Waals surface area contributed by atoms with E-state index in [4.69, 9.17) is 4.74 Å². The molecule has 1 atom stereocenters. The molecule has 2 N–H and O–H groups in total. The topological polar surface area (TPSA) is 97.5 Å². The molecule has 27 heavy (non-hydrogen) atoms. The van der Waals surface area contributed by atoms with Gasteiger partial charge in [0.1, 0.15) is 23.1 Å². The lowest BCUT2D eigenvalue weighted by Crippen LogP contribution is -2.20. The predicted octanol–water partition coefficient (Wildman–Crippen LogP) is 1.74. The molecule has 0 spiro atoms. The Kier molecular flexibility index (Phi) is 6.20. The molecule has 7 nitrogen and oxygen atoms in total. The molecule has 2 aromatic heterocycles. The molecule has 0 aliphatic rings. The third-order valence-corrected chi connectivity index (χ3v) is 5.68. The van der Waals surface area contributed by atoms with Gasteiger partial charge >= 0.3 is 0 Å². The standard InChI is InChI=1S/C19H23N3O4S/c1-13-7-20-17(14(2)19(13)26-10-15(8-23)9-24)11-27(25)22-12-21-16-5-3-4-6-18(16)22/h3-7,12,15,23-24H,8-11H2,1-2H3. The number of aliphatic hydroxyl groups excluding tert-OH is 2. The molecule has 0 fully saturated rings. The number of aryl methyl sites for hydroxylation is 1. The van der Waals surface area contributed by atoms with Crippen molar-refractivity contribution in [3.05, 3.63) is 53.6 Å². The van der Waals surface area contributed by atoms with Crippen LogP contribution in [0.5, 0.6) is 5.75 Å². The van der Waals surface area contributed by atoms with Crippen LogP contribution in [0, 0.1) is 19.8 Å². The van der Waals surface area contributed by atoms with Crippen LogP contribution in [0.4, 0.5) is 0 Å². The number of rotatable bonds is 8. The Morgan fingerprint density at radius 2 is 1.93 bits per heavy atom. The summed E-state index contributed by atoms with van der Waals surface area (Å²) in [7, 11) is -1.36. The Morgan fingerprint density at radius 1 is 1.19 bits per heavy atom. The highest BCUT2D eigenvalue weighted by atomic mass is 32.2. The van der Waals surface area contributed by atoms with Crippen molar-refractivity contribution in [2.45, 2.75) is 19.6 Å². The molecule has 3 rings (SSSR count). The summed E-state index contributed by atoms with van der Waals surface area (Å²) in [5.74, 6) is 0.540. The summed E-state index contributed by atoms with van der Waals surface area (Å²) < 4.78 is 20.3. The summed E-state index contributed by atoms with van der Waals surface area (Å²) in [4.78, 5) is 8.71. The number of aliphatic hydroxyl groups is 2. The van der Waals surface area contributed by atoms with Crippen LogP contribution >= 0.6 is 0 Å². The monoisotopic (exact) mass is 389 g/mol. The van der Waals surface area contributed by atoms with Gasteiger partial charge < -0.3 is 14.9 Å². The van der Waals surface area contributed by atoms with Crippen LogP contribution in [-0.4, -0.2) is 48.2 Å². The fourth-order valence-corrected chi connectivity index (χ4v) is 3.96. The largest absolute Gasteiger partial charge is 0.492 e. The van der Waals surface area contributed by atoms with Gasteiger partial charge in [0.2, 0.25) is 0 Å². The summed E-state index contributed by atoms with van der Waals surface area (Å²) in [6.07, 6.45) is 3.27. The Bertz CT molecular complexity index is 953. The molecule has 0 radical (unpaired) electrons. The lowest BCUT2D eigenvalue weighted by molar-refractivity contribution is 0.105. The zero-order valence-electron chi connectivity index (χ0n) is 15.3. The average Bonchev–Trinajstić information content (AvgIpc) is 3.11. The van der Waals surface area contributed by atoms with Gasteiger partial charge in [0.05, 0.1) is 42.3 Å². The summed E-state index contributed by atoms with van der Waals surface area (Å²) in [6, 6.07) is 7.54. The van der Waals surface area contributed by atoms with Crippen LogP contribution in [0.25, 0.3) is 11.0 Å².